The molecule has 0 saturated heterocycles. The quantitative estimate of drug-likeness (QED) is 0.798. The molecular formula is C18H18F3NO3. The first kappa shape index (κ1) is 18.6. The highest BCUT2D eigenvalue weighted by Gasteiger charge is 2.48. The molecule has 1 N–H and O–H groups in total. The van der Waals surface area contributed by atoms with Crippen LogP contribution >= 0.6 is 0 Å². The Balaban J connectivity index is 2.40. The zero-order valence-electron chi connectivity index (χ0n) is 13.7. The lowest BCUT2D eigenvalue weighted by Crippen LogP contribution is -2.44. The van der Waals surface area contributed by atoms with Crippen molar-refractivity contribution in [2.75, 3.05) is 19.5 Å². The Hall–Kier alpha value is -2.70. The van der Waals surface area contributed by atoms with E-state index in [0.717, 1.165) is 7.11 Å². The maximum atomic E-state index is 13.7. The van der Waals surface area contributed by atoms with Crippen LogP contribution in [0.3, 0.4) is 0 Å². The van der Waals surface area contributed by atoms with Crippen LogP contribution in [0.15, 0.2) is 54.6 Å². The van der Waals surface area contributed by atoms with Crippen molar-refractivity contribution in [1.29, 1.82) is 0 Å². The van der Waals surface area contributed by atoms with Crippen molar-refractivity contribution in [2.45, 2.75) is 18.1 Å². The number of hydrogen-bond acceptors (Lipinski definition) is 4. The van der Waals surface area contributed by atoms with E-state index in [0.29, 0.717) is 5.75 Å². The van der Waals surface area contributed by atoms with E-state index >= 15 is 0 Å². The minimum atomic E-state index is -4.67. The Morgan fingerprint density at radius 3 is 2.08 bits per heavy atom. The maximum absolute atomic E-state index is 13.7. The van der Waals surface area contributed by atoms with Crippen molar-refractivity contribution in [3.63, 3.8) is 0 Å². The third kappa shape index (κ3) is 4.65. The number of halogens is 3. The molecule has 0 saturated carbocycles. The molecule has 0 aromatic heterocycles. The molecule has 0 amide bonds. The molecule has 0 spiro atoms. The first-order chi connectivity index (χ1) is 11.9. The number of ether oxygens (including phenoxy) is 2. The second kappa shape index (κ2) is 7.92. The molecule has 0 aliphatic rings. The lowest BCUT2D eigenvalue weighted by molar-refractivity contribution is -0.164. The molecule has 25 heavy (non-hydrogen) atoms. The minimum Gasteiger partial charge on any atom is -0.497 e. The van der Waals surface area contributed by atoms with E-state index in [2.05, 4.69) is 10.1 Å². The van der Waals surface area contributed by atoms with Crippen molar-refractivity contribution in [1.82, 2.24) is 0 Å². The summed E-state index contributed by atoms with van der Waals surface area (Å²) >= 11 is 0. The third-order valence-electron chi connectivity index (χ3n) is 3.71. The summed E-state index contributed by atoms with van der Waals surface area (Å²) in [5.41, 5.74) is 0.436. The monoisotopic (exact) mass is 353 g/mol. The first-order valence-corrected chi connectivity index (χ1v) is 7.47. The van der Waals surface area contributed by atoms with Gasteiger partial charge < -0.3 is 14.8 Å². The Kier molecular flexibility index (Phi) is 5.90. The van der Waals surface area contributed by atoms with Gasteiger partial charge in [0, 0.05) is 5.69 Å². The summed E-state index contributed by atoms with van der Waals surface area (Å²) in [6.45, 7) is 0. The van der Waals surface area contributed by atoms with Gasteiger partial charge >= 0.3 is 12.1 Å². The number of carbonyl (C=O) groups is 1. The van der Waals surface area contributed by atoms with E-state index in [9.17, 15) is 18.0 Å². The molecule has 2 rings (SSSR count). The van der Waals surface area contributed by atoms with Crippen LogP contribution in [0.1, 0.15) is 11.5 Å². The fraction of sp³-hybridized carbons (Fsp3) is 0.278. The highest BCUT2D eigenvalue weighted by atomic mass is 19.4. The number of rotatable bonds is 6. The smallest absolute Gasteiger partial charge is 0.409 e. The summed E-state index contributed by atoms with van der Waals surface area (Å²) in [5.74, 6) is -1.98. The van der Waals surface area contributed by atoms with Gasteiger partial charge in [-0.3, -0.25) is 4.79 Å². The lowest BCUT2D eigenvalue weighted by atomic mass is 9.90. The van der Waals surface area contributed by atoms with Crippen LogP contribution in [-0.2, 0) is 9.53 Å². The maximum Gasteiger partial charge on any atom is 0.409 e. The van der Waals surface area contributed by atoms with E-state index in [-0.39, 0.29) is 11.3 Å². The number of anilines is 1. The van der Waals surface area contributed by atoms with E-state index < -0.39 is 24.1 Å². The molecule has 0 aliphatic heterocycles. The molecule has 0 radical (unpaired) electrons. The van der Waals surface area contributed by atoms with Crippen molar-refractivity contribution in [3.05, 3.63) is 60.2 Å². The summed E-state index contributed by atoms with van der Waals surface area (Å²) in [7, 11) is 2.53. The molecule has 0 bridgehead atoms. The second-order valence-electron chi connectivity index (χ2n) is 5.30. The molecule has 4 nitrogen and oxygen atoms in total. The number of carbonyl (C=O) groups excluding carboxylic acids is 1. The van der Waals surface area contributed by atoms with Gasteiger partial charge in [-0.05, 0) is 29.8 Å². The van der Waals surface area contributed by atoms with Crippen LogP contribution in [0.5, 0.6) is 5.75 Å². The average molecular weight is 353 g/mol. The number of nitrogens with one attached hydrogen (secondary N) is 1. The standard InChI is InChI=1S/C18H18F3NO3/c1-24-14-10-8-13(9-11-14)22-16(18(19,20)21)15(17(23)25-2)12-6-4-3-5-7-12/h3-11,15-16,22H,1-2H3. The zero-order chi connectivity index (χ0) is 18.4. The Morgan fingerprint density at radius 1 is 1.00 bits per heavy atom. The molecule has 0 heterocycles. The summed E-state index contributed by atoms with van der Waals surface area (Å²) in [6.07, 6.45) is -4.67. The SMILES string of the molecule is COC(=O)C(c1ccccc1)C(Nc1ccc(OC)cc1)C(F)(F)F. The van der Waals surface area contributed by atoms with Crippen molar-refractivity contribution < 1.29 is 27.4 Å². The van der Waals surface area contributed by atoms with Gasteiger partial charge in [0.15, 0.2) is 0 Å². The van der Waals surface area contributed by atoms with Crippen LogP contribution in [0.2, 0.25) is 0 Å². The largest absolute Gasteiger partial charge is 0.497 e. The predicted octanol–water partition coefficient (Wildman–Crippen LogP) is 3.99. The van der Waals surface area contributed by atoms with Crippen LogP contribution in [0.25, 0.3) is 0 Å². The summed E-state index contributed by atoms with van der Waals surface area (Å²) in [5, 5.41) is 2.40. The highest BCUT2D eigenvalue weighted by molar-refractivity contribution is 5.80. The van der Waals surface area contributed by atoms with Gasteiger partial charge in [-0.1, -0.05) is 30.3 Å². The number of benzene rings is 2. The van der Waals surface area contributed by atoms with Crippen molar-refractivity contribution >= 4 is 11.7 Å². The van der Waals surface area contributed by atoms with Crippen LogP contribution in [0, 0.1) is 0 Å². The van der Waals surface area contributed by atoms with Crippen molar-refractivity contribution in [3.8, 4) is 5.75 Å². The van der Waals surface area contributed by atoms with Gasteiger partial charge in [0.25, 0.3) is 0 Å². The fourth-order valence-electron chi connectivity index (χ4n) is 2.47. The first-order valence-electron chi connectivity index (χ1n) is 7.47. The molecule has 7 heteroatoms. The van der Waals surface area contributed by atoms with Gasteiger partial charge in [0.05, 0.1) is 14.2 Å². The molecule has 2 aromatic rings. The molecule has 2 atom stereocenters. The zero-order valence-corrected chi connectivity index (χ0v) is 13.7. The number of hydrogen-bond donors (Lipinski definition) is 1. The van der Waals surface area contributed by atoms with E-state index in [1.165, 1.54) is 43.5 Å². The molecular weight excluding hydrogens is 335 g/mol. The van der Waals surface area contributed by atoms with Gasteiger partial charge in [0.1, 0.15) is 17.7 Å². The topological polar surface area (TPSA) is 47.6 Å². The van der Waals surface area contributed by atoms with Gasteiger partial charge in [0.2, 0.25) is 0 Å². The Morgan fingerprint density at radius 2 is 1.60 bits per heavy atom. The van der Waals surface area contributed by atoms with E-state index in [1.54, 1.807) is 18.2 Å². The molecule has 2 unspecified atom stereocenters. The predicted molar refractivity (Wildman–Crippen MR) is 87.7 cm³/mol. The second-order valence-corrected chi connectivity index (χ2v) is 5.30. The van der Waals surface area contributed by atoms with Crippen LogP contribution in [-0.4, -0.2) is 32.4 Å². The molecule has 0 fully saturated rings. The Bertz CT molecular complexity index is 687. The summed E-state index contributed by atoms with van der Waals surface area (Å²) in [4.78, 5) is 12.1. The molecule has 0 aliphatic carbocycles. The van der Waals surface area contributed by atoms with Crippen molar-refractivity contribution in [2.24, 2.45) is 0 Å². The highest BCUT2D eigenvalue weighted by Crippen LogP contribution is 2.35. The lowest BCUT2D eigenvalue weighted by Gasteiger charge is -2.29. The van der Waals surface area contributed by atoms with Crippen LogP contribution in [0.4, 0.5) is 18.9 Å². The van der Waals surface area contributed by atoms with Gasteiger partial charge in [-0.2, -0.15) is 13.2 Å². The summed E-state index contributed by atoms with van der Waals surface area (Å²) < 4.78 is 50.7. The third-order valence-corrected chi connectivity index (χ3v) is 3.71. The van der Waals surface area contributed by atoms with E-state index in [1.807, 2.05) is 0 Å². The molecule has 2 aromatic carbocycles. The number of methoxy groups -OCH3 is 2. The van der Waals surface area contributed by atoms with Gasteiger partial charge in [-0.15, -0.1) is 0 Å². The molecule has 134 valence electrons. The number of alkyl halides is 3. The Labute approximate surface area is 143 Å². The minimum absolute atomic E-state index is 0.216. The fourth-order valence-corrected chi connectivity index (χ4v) is 2.47. The average Bonchev–Trinajstić information content (AvgIpc) is 2.61. The summed E-state index contributed by atoms with van der Waals surface area (Å²) in [6, 6.07) is 11.6. The van der Waals surface area contributed by atoms with Gasteiger partial charge in [-0.25, -0.2) is 0 Å². The van der Waals surface area contributed by atoms with E-state index in [4.69, 9.17) is 4.74 Å². The van der Waals surface area contributed by atoms with Crippen LogP contribution < -0.4 is 10.1 Å². The normalized spacial score (nSPS) is 13.6. The number of esters is 1.